The highest BCUT2D eigenvalue weighted by atomic mass is 19.4. The first-order valence-electron chi connectivity index (χ1n) is 13.8. The van der Waals surface area contributed by atoms with E-state index >= 15 is 0 Å². The molecule has 8 nitrogen and oxygen atoms in total. The number of benzene rings is 3. The van der Waals surface area contributed by atoms with E-state index < -0.39 is 18.1 Å². The highest BCUT2D eigenvalue weighted by Crippen LogP contribution is 2.38. The third-order valence-corrected chi connectivity index (χ3v) is 7.57. The first kappa shape index (κ1) is 31.3. The molecule has 226 valence electrons. The highest BCUT2D eigenvalue weighted by Gasteiger charge is 2.38. The number of fused-ring (bicyclic) bond motifs is 1. The van der Waals surface area contributed by atoms with Crippen molar-refractivity contribution in [2.24, 2.45) is 5.73 Å². The lowest BCUT2D eigenvalue weighted by atomic mass is 9.96. The van der Waals surface area contributed by atoms with Crippen LogP contribution in [0.2, 0.25) is 0 Å². The number of carbonyl (C=O) groups is 3. The van der Waals surface area contributed by atoms with Gasteiger partial charge in [0.05, 0.1) is 11.3 Å². The second kappa shape index (κ2) is 13.1. The van der Waals surface area contributed by atoms with E-state index in [4.69, 9.17) is 15.6 Å². The number of carboxylic acid groups (broad SMARTS) is 1. The van der Waals surface area contributed by atoms with Gasteiger partial charge in [0.1, 0.15) is 0 Å². The number of rotatable bonds is 6. The Morgan fingerprint density at radius 3 is 2.14 bits per heavy atom. The number of primary amides is 1. The maximum atomic E-state index is 13.1. The van der Waals surface area contributed by atoms with Gasteiger partial charge in [-0.15, -0.1) is 0 Å². The molecular weight excluding hydrogens is 561 g/mol. The van der Waals surface area contributed by atoms with E-state index in [1.807, 2.05) is 30.3 Å². The Kier molecular flexibility index (Phi) is 9.55. The second-order valence-corrected chi connectivity index (χ2v) is 10.6. The summed E-state index contributed by atoms with van der Waals surface area (Å²) in [5.41, 5.74) is 11.4. The minimum Gasteiger partial charge on any atom is -0.475 e. The number of alkyl halides is 3. The quantitative estimate of drug-likeness (QED) is 0.255. The zero-order valence-corrected chi connectivity index (χ0v) is 23.7. The van der Waals surface area contributed by atoms with Gasteiger partial charge in [0.2, 0.25) is 5.91 Å². The fourth-order valence-corrected chi connectivity index (χ4v) is 5.29. The Morgan fingerprint density at radius 1 is 0.977 bits per heavy atom. The third-order valence-electron chi connectivity index (χ3n) is 7.57. The summed E-state index contributed by atoms with van der Waals surface area (Å²) in [6.45, 7) is 5.58. The summed E-state index contributed by atoms with van der Waals surface area (Å²) < 4.78 is 31.7. The molecule has 0 aromatic heterocycles. The molecule has 5 N–H and O–H groups in total. The lowest BCUT2D eigenvalue weighted by Crippen LogP contribution is -2.42. The van der Waals surface area contributed by atoms with E-state index in [1.54, 1.807) is 18.2 Å². The molecule has 11 heteroatoms. The second-order valence-electron chi connectivity index (χ2n) is 10.6. The summed E-state index contributed by atoms with van der Waals surface area (Å²) in [4.78, 5) is 36.2. The summed E-state index contributed by atoms with van der Waals surface area (Å²) in [6, 6.07) is 24.5. The van der Waals surface area contributed by atoms with Crippen molar-refractivity contribution in [3.05, 3.63) is 95.1 Å². The molecule has 2 atom stereocenters. The van der Waals surface area contributed by atoms with Crippen molar-refractivity contribution in [3.8, 4) is 0 Å². The lowest BCUT2D eigenvalue weighted by Gasteiger charge is -2.39. The number of anilines is 2. The highest BCUT2D eigenvalue weighted by molar-refractivity contribution is 6.37. The standard InChI is InChI=1S/C30H32N4O2.C2HF3O2/c1-19-7-6-8-20(2)34(19)18-21-11-14-24(15-12-21)32-28(22-9-4-3-5-10-22)27-25-16-13-23(29(31)35)17-26(25)33-30(27)36;3-2(4,5)1(6)7/h3-5,9-17,19-20,32H,6-8,18H2,1-2H3,(H2,31,35)(H,33,36);(H,6,7). The largest absolute Gasteiger partial charge is 0.490 e. The van der Waals surface area contributed by atoms with Crippen molar-refractivity contribution in [1.82, 2.24) is 4.90 Å². The van der Waals surface area contributed by atoms with E-state index in [-0.39, 0.29) is 5.91 Å². The van der Waals surface area contributed by atoms with Gasteiger partial charge in [0.25, 0.3) is 5.91 Å². The van der Waals surface area contributed by atoms with E-state index in [2.05, 4.69) is 53.6 Å². The molecule has 2 unspecified atom stereocenters. The van der Waals surface area contributed by atoms with Crippen molar-refractivity contribution in [1.29, 1.82) is 0 Å². The molecule has 3 aromatic carbocycles. The SMILES string of the molecule is CC1CCCC(C)N1Cc1ccc(NC(=C2C(=O)Nc3cc(C(N)=O)ccc32)c2ccccc2)cc1.O=C(O)C(F)(F)F. The summed E-state index contributed by atoms with van der Waals surface area (Å²) >= 11 is 0. The number of hydrogen-bond donors (Lipinski definition) is 4. The number of hydrogen-bond acceptors (Lipinski definition) is 5. The van der Waals surface area contributed by atoms with Crippen LogP contribution in [0.4, 0.5) is 24.5 Å². The number of nitrogens with zero attached hydrogens (tertiary/aromatic N) is 1. The maximum absolute atomic E-state index is 13.1. The Hall–Kier alpha value is -4.64. The minimum atomic E-state index is -5.08. The number of nitrogens with two attached hydrogens (primary N) is 1. The van der Waals surface area contributed by atoms with Crippen LogP contribution in [0, 0.1) is 0 Å². The molecule has 0 radical (unpaired) electrons. The Labute approximate surface area is 247 Å². The van der Waals surface area contributed by atoms with Crippen LogP contribution in [0.25, 0.3) is 11.3 Å². The summed E-state index contributed by atoms with van der Waals surface area (Å²) in [5, 5.41) is 13.5. The molecule has 43 heavy (non-hydrogen) atoms. The van der Waals surface area contributed by atoms with Gasteiger partial charge in [-0.1, -0.05) is 55.0 Å². The minimum absolute atomic E-state index is 0.220. The van der Waals surface area contributed by atoms with Gasteiger partial charge in [-0.2, -0.15) is 13.2 Å². The van der Waals surface area contributed by atoms with Crippen molar-refractivity contribution in [3.63, 3.8) is 0 Å². The van der Waals surface area contributed by atoms with Gasteiger partial charge in [-0.3, -0.25) is 14.5 Å². The first-order chi connectivity index (χ1) is 20.3. The van der Waals surface area contributed by atoms with E-state index in [0.717, 1.165) is 23.4 Å². The fourth-order valence-electron chi connectivity index (χ4n) is 5.29. The van der Waals surface area contributed by atoms with Crippen LogP contribution in [-0.4, -0.2) is 46.1 Å². The van der Waals surface area contributed by atoms with Crippen LogP contribution in [0.5, 0.6) is 0 Å². The Bertz CT molecular complexity index is 1510. The van der Waals surface area contributed by atoms with Crippen LogP contribution in [0.3, 0.4) is 0 Å². The normalized spacial score (nSPS) is 19.4. The van der Waals surface area contributed by atoms with Gasteiger partial charge in [0, 0.05) is 41.1 Å². The molecule has 2 amide bonds. The van der Waals surface area contributed by atoms with Gasteiger partial charge < -0.3 is 21.5 Å². The number of aliphatic carboxylic acids is 1. The number of carboxylic acids is 1. The molecule has 1 saturated heterocycles. The van der Waals surface area contributed by atoms with Gasteiger partial charge in [-0.25, -0.2) is 4.79 Å². The average molecular weight is 595 g/mol. The Balaban J connectivity index is 0.000000541. The molecule has 0 aliphatic carbocycles. The average Bonchev–Trinajstić information content (AvgIpc) is 3.29. The lowest BCUT2D eigenvalue weighted by molar-refractivity contribution is -0.192. The number of carbonyl (C=O) groups excluding carboxylic acids is 2. The molecule has 3 aromatic rings. The summed E-state index contributed by atoms with van der Waals surface area (Å²) in [6.07, 6.45) is -1.27. The summed E-state index contributed by atoms with van der Waals surface area (Å²) in [7, 11) is 0. The van der Waals surface area contributed by atoms with E-state index in [0.29, 0.717) is 34.6 Å². The van der Waals surface area contributed by atoms with Crippen molar-refractivity contribution >= 4 is 40.4 Å². The van der Waals surface area contributed by atoms with E-state index in [9.17, 15) is 22.8 Å². The predicted octanol–water partition coefficient (Wildman–Crippen LogP) is 6.11. The Morgan fingerprint density at radius 2 is 1.58 bits per heavy atom. The molecule has 2 heterocycles. The van der Waals surface area contributed by atoms with Crippen molar-refractivity contribution < 1.29 is 32.7 Å². The fraction of sp³-hybridized carbons (Fsp3) is 0.281. The van der Waals surface area contributed by atoms with Crippen molar-refractivity contribution in [2.75, 3.05) is 10.6 Å². The maximum Gasteiger partial charge on any atom is 0.490 e. The number of piperidine rings is 1. The molecule has 1 fully saturated rings. The van der Waals surface area contributed by atoms with Gasteiger partial charge in [-0.05, 0) is 62.1 Å². The third kappa shape index (κ3) is 7.61. The number of halogens is 3. The molecule has 5 rings (SSSR count). The number of amides is 2. The number of likely N-dealkylation sites (tertiary alicyclic amines) is 1. The smallest absolute Gasteiger partial charge is 0.475 e. The molecule has 2 aliphatic heterocycles. The zero-order chi connectivity index (χ0) is 31.3. The molecular formula is C32H33F3N4O4. The topological polar surface area (TPSA) is 125 Å². The van der Waals surface area contributed by atoms with Crippen LogP contribution in [0.15, 0.2) is 72.8 Å². The summed E-state index contributed by atoms with van der Waals surface area (Å²) in [5.74, 6) is -3.51. The van der Waals surface area contributed by atoms with Crippen molar-refractivity contribution in [2.45, 2.75) is 57.9 Å². The molecule has 0 spiro atoms. The predicted molar refractivity (Wildman–Crippen MR) is 159 cm³/mol. The molecule has 0 saturated carbocycles. The van der Waals surface area contributed by atoms with Gasteiger partial charge >= 0.3 is 12.1 Å². The van der Waals surface area contributed by atoms with E-state index in [1.165, 1.54) is 24.8 Å². The van der Waals surface area contributed by atoms with Gasteiger partial charge in [0.15, 0.2) is 0 Å². The first-order valence-corrected chi connectivity index (χ1v) is 13.8. The molecule has 0 bridgehead atoms. The van der Waals surface area contributed by atoms with Crippen LogP contribution < -0.4 is 16.4 Å². The number of nitrogens with one attached hydrogen (secondary N) is 2. The van der Waals surface area contributed by atoms with Crippen LogP contribution >= 0.6 is 0 Å². The molecule has 2 aliphatic rings. The van der Waals surface area contributed by atoms with Crippen LogP contribution in [0.1, 0.15) is 60.2 Å². The van der Waals surface area contributed by atoms with Crippen LogP contribution in [-0.2, 0) is 16.1 Å². The zero-order valence-electron chi connectivity index (χ0n) is 23.7. The monoisotopic (exact) mass is 594 g/mol.